The number of hydrogen-bond donors (Lipinski definition) is 1. The highest BCUT2D eigenvalue weighted by atomic mass is 32.2. The third kappa shape index (κ3) is 3.96. The molecule has 1 fully saturated rings. The van der Waals surface area contributed by atoms with Crippen molar-refractivity contribution in [2.45, 2.75) is 39.2 Å². The molecule has 0 aromatic carbocycles. The molecular formula is C10H21NO2S. The van der Waals surface area contributed by atoms with E-state index in [1.165, 1.54) is 12.8 Å². The van der Waals surface area contributed by atoms with Crippen molar-refractivity contribution in [2.75, 3.05) is 18.1 Å². The third-order valence-corrected chi connectivity index (χ3v) is 4.50. The predicted molar refractivity (Wildman–Crippen MR) is 59.1 cm³/mol. The van der Waals surface area contributed by atoms with Crippen LogP contribution in [0.2, 0.25) is 0 Å². The fourth-order valence-electron chi connectivity index (χ4n) is 1.79. The second kappa shape index (κ2) is 5.12. The first-order chi connectivity index (χ1) is 6.59. The molecule has 0 aliphatic heterocycles. The minimum atomic E-state index is -2.82. The van der Waals surface area contributed by atoms with E-state index in [0.717, 1.165) is 13.0 Å². The van der Waals surface area contributed by atoms with Crippen molar-refractivity contribution in [1.82, 2.24) is 5.32 Å². The van der Waals surface area contributed by atoms with Crippen LogP contribution in [-0.4, -0.2) is 32.5 Å². The minimum Gasteiger partial charge on any atom is -0.313 e. The highest BCUT2D eigenvalue weighted by Crippen LogP contribution is 2.33. The van der Waals surface area contributed by atoms with Gasteiger partial charge >= 0.3 is 0 Å². The summed E-state index contributed by atoms with van der Waals surface area (Å²) in [5.74, 6) is 1.28. The van der Waals surface area contributed by atoms with Gasteiger partial charge in [0, 0.05) is 11.8 Å². The Morgan fingerprint density at radius 1 is 1.36 bits per heavy atom. The second-order valence-electron chi connectivity index (χ2n) is 4.12. The fraction of sp³-hybridized carbons (Fsp3) is 1.00. The number of rotatable bonds is 7. The first-order valence-electron chi connectivity index (χ1n) is 5.53. The van der Waals surface area contributed by atoms with Crippen LogP contribution in [0.15, 0.2) is 0 Å². The number of nitrogens with one attached hydrogen (secondary N) is 1. The van der Waals surface area contributed by atoms with Gasteiger partial charge in [-0.1, -0.05) is 13.8 Å². The summed E-state index contributed by atoms with van der Waals surface area (Å²) >= 11 is 0. The van der Waals surface area contributed by atoms with E-state index in [0.29, 0.717) is 17.4 Å². The lowest BCUT2D eigenvalue weighted by Crippen LogP contribution is -2.38. The molecule has 0 aromatic heterocycles. The molecule has 1 aliphatic carbocycles. The summed E-state index contributed by atoms with van der Waals surface area (Å²) in [5.41, 5.74) is 0. The van der Waals surface area contributed by atoms with E-state index in [1.807, 2.05) is 13.8 Å². The van der Waals surface area contributed by atoms with Gasteiger partial charge in [-0.3, -0.25) is 0 Å². The van der Waals surface area contributed by atoms with Crippen LogP contribution in [0.3, 0.4) is 0 Å². The molecule has 1 aliphatic rings. The monoisotopic (exact) mass is 219 g/mol. The average Bonchev–Trinajstić information content (AvgIpc) is 2.84. The molecule has 0 radical (unpaired) electrons. The van der Waals surface area contributed by atoms with Crippen molar-refractivity contribution in [2.24, 2.45) is 5.92 Å². The van der Waals surface area contributed by atoms with Gasteiger partial charge in [0.25, 0.3) is 0 Å². The Morgan fingerprint density at radius 3 is 2.43 bits per heavy atom. The molecule has 84 valence electrons. The van der Waals surface area contributed by atoms with Gasteiger partial charge in [-0.2, -0.15) is 0 Å². The summed E-state index contributed by atoms with van der Waals surface area (Å²) in [5, 5.41) is 3.28. The van der Waals surface area contributed by atoms with E-state index in [-0.39, 0.29) is 6.04 Å². The van der Waals surface area contributed by atoms with Gasteiger partial charge < -0.3 is 5.32 Å². The van der Waals surface area contributed by atoms with Gasteiger partial charge in [0.1, 0.15) is 0 Å². The molecule has 0 bridgehead atoms. The Balaban J connectivity index is 2.45. The van der Waals surface area contributed by atoms with Gasteiger partial charge in [-0.05, 0) is 31.7 Å². The molecule has 1 saturated carbocycles. The largest absolute Gasteiger partial charge is 0.313 e. The Labute approximate surface area is 87.2 Å². The predicted octanol–water partition coefficient (Wildman–Crippen LogP) is 1.20. The lowest BCUT2D eigenvalue weighted by molar-refractivity contribution is 0.502. The van der Waals surface area contributed by atoms with Gasteiger partial charge in [0.15, 0.2) is 9.84 Å². The molecule has 3 nitrogen and oxygen atoms in total. The zero-order valence-electron chi connectivity index (χ0n) is 9.12. The van der Waals surface area contributed by atoms with Crippen molar-refractivity contribution in [1.29, 1.82) is 0 Å². The molecule has 0 aromatic rings. The van der Waals surface area contributed by atoms with Crippen molar-refractivity contribution >= 4 is 9.84 Å². The Kier molecular flexibility index (Phi) is 4.38. The molecule has 0 amide bonds. The lowest BCUT2D eigenvalue weighted by Gasteiger charge is -2.16. The van der Waals surface area contributed by atoms with Crippen LogP contribution in [0.5, 0.6) is 0 Å². The third-order valence-electron chi connectivity index (χ3n) is 2.61. The second-order valence-corrected chi connectivity index (χ2v) is 6.34. The molecule has 1 unspecified atom stereocenters. The van der Waals surface area contributed by atoms with E-state index in [4.69, 9.17) is 0 Å². The van der Waals surface area contributed by atoms with E-state index in [1.54, 1.807) is 0 Å². The summed E-state index contributed by atoms with van der Waals surface area (Å²) in [7, 11) is -2.82. The Hall–Kier alpha value is -0.0900. The summed E-state index contributed by atoms with van der Waals surface area (Å²) < 4.78 is 23.2. The van der Waals surface area contributed by atoms with Crippen LogP contribution in [0.1, 0.15) is 33.1 Å². The zero-order valence-corrected chi connectivity index (χ0v) is 9.94. The molecule has 1 N–H and O–H groups in total. The Morgan fingerprint density at radius 2 is 2.00 bits per heavy atom. The quantitative estimate of drug-likeness (QED) is 0.700. The molecule has 0 heterocycles. The van der Waals surface area contributed by atoms with E-state index >= 15 is 0 Å². The first-order valence-corrected chi connectivity index (χ1v) is 7.35. The maximum atomic E-state index is 11.6. The topological polar surface area (TPSA) is 46.2 Å². The SMILES string of the molecule is CCCS(=O)(=O)CC(NCC)C1CC1. The fourth-order valence-corrected chi connectivity index (χ4v) is 3.52. The van der Waals surface area contributed by atoms with E-state index in [9.17, 15) is 8.42 Å². The van der Waals surface area contributed by atoms with Gasteiger partial charge in [0.2, 0.25) is 0 Å². The summed E-state index contributed by atoms with van der Waals surface area (Å²) in [6.45, 7) is 4.81. The summed E-state index contributed by atoms with van der Waals surface area (Å²) in [6, 6.07) is 0.205. The van der Waals surface area contributed by atoms with Gasteiger partial charge in [0.05, 0.1) is 5.75 Å². The van der Waals surface area contributed by atoms with Crippen molar-refractivity contribution in [3.8, 4) is 0 Å². The van der Waals surface area contributed by atoms with Gasteiger partial charge in [-0.15, -0.1) is 0 Å². The highest BCUT2D eigenvalue weighted by Gasteiger charge is 2.33. The molecule has 0 saturated heterocycles. The molecule has 1 rings (SSSR count). The van der Waals surface area contributed by atoms with Crippen LogP contribution in [0, 0.1) is 5.92 Å². The van der Waals surface area contributed by atoms with E-state index < -0.39 is 9.84 Å². The minimum absolute atomic E-state index is 0.205. The molecule has 1 atom stereocenters. The highest BCUT2D eigenvalue weighted by molar-refractivity contribution is 7.91. The lowest BCUT2D eigenvalue weighted by atomic mass is 10.2. The zero-order chi connectivity index (χ0) is 10.6. The van der Waals surface area contributed by atoms with E-state index in [2.05, 4.69) is 5.32 Å². The molecule has 14 heavy (non-hydrogen) atoms. The van der Waals surface area contributed by atoms with Crippen molar-refractivity contribution < 1.29 is 8.42 Å². The van der Waals surface area contributed by atoms with Gasteiger partial charge in [-0.25, -0.2) is 8.42 Å². The summed E-state index contributed by atoms with van der Waals surface area (Å²) in [6.07, 6.45) is 3.12. The number of sulfone groups is 1. The molecular weight excluding hydrogens is 198 g/mol. The van der Waals surface area contributed by atoms with Crippen LogP contribution < -0.4 is 5.32 Å². The molecule has 0 spiro atoms. The van der Waals surface area contributed by atoms with Crippen LogP contribution in [0.25, 0.3) is 0 Å². The van der Waals surface area contributed by atoms with Crippen LogP contribution in [-0.2, 0) is 9.84 Å². The normalized spacial score (nSPS) is 19.6. The Bertz CT molecular complexity index is 257. The van der Waals surface area contributed by atoms with Crippen LogP contribution in [0.4, 0.5) is 0 Å². The van der Waals surface area contributed by atoms with Crippen molar-refractivity contribution in [3.05, 3.63) is 0 Å². The van der Waals surface area contributed by atoms with Crippen molar-refractivity contribution in [3.63, 3.8) is 0 Å². The standard InChI is InChI=1S/C10H21NO2S/c1-3-7-14(12,13)8-10(11-4-2)9-5-6-9/h9-11H,3-8H2,1-2H3. The maximum absolute atomic E-state index is 11.6. The molecule has 4 heteroatoms. The smallest absolute Gasteiger partial charge is 0.151 e. The summed E-state index contributed by atoms with van der Waals surface area (Å²) in [4.78, 5) is 0. The van der Waals surface area contributed by atoms with Crippen LogP contribution >= 0.6 is 0 Å². The maximum Gasteiger partial charge on any atom is 0.151 e. The number of hydrogen-bond acceptors (Lipinski definition) is 3. The average molecular weight is 219 g/mol. The first kappa shape index (κ1) is 12.0.